The predicted molar refractivity (Wildman–Crippen MR) is 79.9 cm³/mol. The molecular formula is C15H20N2O2S. The van der Waals surface area contributed by atoms with Crippen LogP contribution in [0, 0.1) is 0 Å². The number of fused-ring (bicyclic) bond motifs is 1. The molecule has 20 heavy (non-hydrogen) atoms. The zero-order valence-electron chi connectivity index (χ0n) is 11.6. The highest BCUT2D eigenvalue weighted by Crippen LogP contribution is 2.35. The van der Waals surface area contributed by atoms with Crippen LogP contribution in [0.25, 0.3) is 0 Å². The highest BCUT2D eigenvalue weighted by Gasteiger charge is 2.31. The van der Waals surface area contributed by atoms with Gasteiger partial charge in [0.15, 0.2) is 0 Å². The fourth-order valence-electron chi connectivity index (χ4n) is 2.78. The third-order valence-electron chi connectivity index (χ3n) is 3.87. The van der Waals surface area contributed by atoms with Crippen LogP contribution in [0.4, 0.5) is 0 Å². The van der Waals surface area contributed by atoms with Gasteiger partial charge in [0, 0.05) is 17.2 Å². The maximum atomic E-state index is 12.4. The zero-order valence-corrected chi connectivity index (χ0v) is 12.4. The molecule has 1 saturated heterocycles. The number of hydrogen-bond acceptors (Lipinski definition) is 4. The first-order valence-corrected chi connectivity index (χ1v) is 8.11. The number of nitrogens with one attached hydrogen (secondary N) is 2. The van der Waals surface area contributed by atoms with Crippen molar-refractivity contribution in [2.24, 2.45) is 0 Å². The van der Waals surface area contributed by atoms with Crippen molar-refractivity contribution < 1.29 is 9.53 Å². The summed E-state index contributed by atoms with van der Waals surface area (Å²) in [6.07, 6.45) is 0.909. The molecule has 0 saturated carbocycles. The Morgan fingerprint density at radius 3 is 3.15 bits per heavy atom. The summed E-state index contributed by atoms with van der Waals surface area (Å²) in [5, 5.41) is 6.42. The van der Waals surface area contributed by atoms with Crippen LogP contribution in [0.2, 0.25) is 0 Å². The Morgan fingerprint density at radius 2 is 2.30 bits per heavy atom. The van der Waals surface area contributed by atoms with Crippen LogP contribution in [0.3, 0.4) is 0 Å². The molecule has 3 atom stereocenters. The number of benzene rings is 1. The zero-order chi connectivity index (χ0) is 13.9. The van der Waals surface area contributed by atoms with Crippen molar-refractivity contribution in [3.8, 4) is 0 Å². The number of ether oxygens (including phenoxy) is 1. The minimum atomic E-state index is -0.245. The van der Waals surface area contributed by atoms with Crippen molar-refractivity contribution in [2.45, 2.75) is 36.4 Å². The smallest absolute Gasteiger partial charge is 0.240 e. The fraction of sp³-hybridized carbons (Fsp3) is 0.533. The lowest BCUT2D eigenvalue weighted by atomic mass is 10.0. The number of carbonyl (C=O) groups is 1. The van der Waals surface area contributed by atoms with Crippen LogP contribution >= 0.6 is 11.8 Å². The van der Waals surface area contributed by atoms with Gasteiger partial charge in [-0.15, -0.1) is 11.8 Å². The predicted octanol–water partition coefficient (Wildman–Crippen LogP) is 1.72. The molecule has 1 amide bonds. The van der Waals surface area contributed by atoms with E-state index in [1.807, 2.05) is 24.8 Å². The number of rotatable bonds is 2. The maximum absolute atomic E-state index is 12.4. The second-order valence-corrected chi connectivity index (χ2v) is 6.38. The van der Waals surface area contributed by atoms with Crippen LogP contribution in [0.1, 0.15) is 24.9 Å². The first-order chi connectivity index (χ1) is 9.75. The van der Waals surface area contributed by atoms with Gasteiger partial charge in [0.25, 0.3) is 0 Å². The standard InChI is InChI=1S/C15H20N2O2S/c1-10-14(16-7-8-19-10)15(18)17-12-6-9-20-13-5-3-2-4-11(12)13/h2-5,10,12,14,16H,6-9H2,1H3,(H,17,18)/t10-,12?,14+/m1/s1. The molecule has 3 rings (SSSR count). The third kappa shape index (κ3) is 2.85. The van der Waals surface area contributed by atoms with Gasteiger partial charge < -0.3 is 15.4 Å². The molecule has 5 heteroatoms. The molecule has 1 unspecified atom stereocenters. The average molecular weight is 292 g/mol. The van der Waals surface area contributed by atoms with Gasteiger partial charge in [-0.25, -0.2) is 0 Å². The molecular weight excluding hydrogens is 272 g/mol. The van der Waals surface area contributed by atoms with Crippen LogP contribution in [0.15, 0.2) is 29.2 Å². The minimum absolute atomic E-state index is 0.0453. The van der Waals surface area contributed by atoms with Crippen molar-refractivity contribution in [2.75, 3.05) is 18.9 Å². The molecule has 0 bridgehead atoms. The molecule has 1 fully saturated rings. The third-order valence-corrected chi connectivity index (χ3v) is 5.00. The minimum Gasteiger partial charge on any atom is -0.375 e. The summed E-state index contributed by atoms with van der Waals surface area (Å²) in [6.45, 7) is 3.36. The van der Waals surface area contributed by atoms with Crippen molar-refractivity contribution in [3.63, 3.8) is 0 Å². The molecule has 2 aliphatic rings. The van der Waals surface area contributed by atoms with Crippen LogP contribution in [-0.2, 0) is 9.53 Å². The van der Waals surface area contributed by atoms with E-state index in [4.69, 9.17) is 4.74 Å². The lowest BCUT2D eigenvalue weighted by Gasteiger charge is -2.32. The van der Waals surface area contributed by atoms with Gasteiger partial charge in [-0.05, 0) is 25.0 Å². The van der Waals surface area contributed by atoms with E-state index in [1.54, 1.807) is 0 Å². The lowest BCUT2D eigenvalue weighted by molar-refractivity contribution is -0.129. The Bertz CT molecular complexity index is 495. The number of morpholine rings is 1. The Hall–Kier alpha value is -1.04. The van der Waals surface area contributed by atoms with E-state index >= 15 is 0 Å². The molecule has 2 heterocycles. The van der Waals surface area contributed by atoms with E-state index in [9.17, 15) is 4.79 Å². The number of thioether (sulfide) groups is 1. The van der Waals surface area contributed by atoms with Gasteiger partial charge in [-0.3, -0.25) is 4.79 Å². The van der Waals surface area contributed by atoms with Gasteiger partial charge in [0.05, 0.1) is 18.8 Å². The van der Waals surface area contributed by atoms with Crippen LogP contribution < -0.4 is 10.6 Å². The van der Waals surface area contributed by atoms with Crippen molar-refractivity contribution in [3.05, 3.63) is 29.8 Å². The van der Waals surface area contributed by atoms with Crippen molar-refractivity contribution >= 4 is 17.7 Å². The Kier molecular flexibility index (Phi) is 4.29. The SMILES string of the molecule is C[C@H]1OCCN[C@@H]1C(=O)NC1CCSc2ccccc21. The molecule has 0 spiro atoms. The van der Waals surface area contributed by atoms with Crippen molar-refractivity contribution in [1.82, 2.24) is 10.6 Å². The van der Waals surface area contributed by atoms with Gasteiger partial charge in [-0.2, -0.15) is 0 Å². The molecule has 108 valence electrons. The summed E-state index contributed by atoms with van der Waals surface area (Å²) in [5.74, 6) is 1.09. The highest BCUT2D eigenvalue weighted by atomic mass is 32.2. The topological polar surface area (TPSA) is 50.4 Å². The van der Waals surface area contributed by atoms with E-state index in [0.717, 1.165) is 18.7 Å². The molecule has 2 N–H and O–H groups in total. The summed E-state index contributed by atoms with van der Waals surface area (Å²) in [5.41, 5.74) is 1.24. The monoisotopic (exact) mass is 292 g/mol. The van der Waals surface area contributed by atoms with E-state index in [1.165, 1.54) is 10.5 Å². The van der Waals surface area contributed by atoms with E-state index < -0.39 is 0 Å². The first kappa shape index (κ1) is 13.9. The van der Waals surface area contributed by atoms with E-state index in [0.29, 0.717) is 6.61 Å². The van der Waals surface area contributed by atoms with Gasteiger partial charge in [0.1, 0.15) is 6.04 Å². The van der Waals surface area contributed by atoms with Gasteiger partial charge in [0.2, 0.25) is 5.91 Å². The quantitative estimate of drug-likeness (QED) is 0.871. The number of carbonyl (C=O) groups excluding carboxylic acids is 1. The average Bonchev–Trinajstić information content (AvgIpc) is 2.48. The molecule has 1 aromatic rings. The molecule has 2 aliphatic heterocycles. The second-order valence-electron chi connectivity index (χ2n) is 5.24. The van der Waals surface area contributed by atoms with E-state index in [2.05, 4.69) is 28.8 Å². The maximum Gasteiger partial charge on any atom is 0.240 e. The molecule has 0 aliphatic carbocycles. The Labute approximate surface area is 123 Å². The normalized spacial score (nSPS) is 29.6. The first-order valence-electron chi connectivity index (χ1n) is 7.13. The largest absolute Gasteiger partial charge is 0.375 e. The molecule has 4 nitrogen and oxygen atoms in total. The Balaban J connectivity index is 1.70. The summed E-state index contributed by atoms with van der Waals surface area (Å²) < 4.78 is 5.54. The number of hydrogen-bond donors (Lipinski definition) is 2. The summed E-state index contributed by atoms with van der Waals surface area (Å²) in [6, 6.07) is 8.20. The summed E-state index contributed by atoms with van der Waals surface area (Å²) >= 11 is 1.86. The van der Waals surface area contributed by atoms with E-state index in [-0.39, 0.29) is 24.1 Å². The van der Waals surface area contributed by atoms with Gasteiger partial charge >= 0.3 is 0 Å². The highest BCUT2D eigenvalue weighted by molar-refractivity contribution is 7.99. The second kappa shape index (κ2) is 6.16. The summed E-state index contributed by atoms with van der Waals surface area (Å²) in [4.78, 5) is 13.7. The van der Waals surface area contributed by atoms with Gasteiger partial charge in [-0.1, -0.05) is 18.2 Å². The summed E-state index contributed by atoms with van der Waals surface area (Å²) in [7, 11) is 0. The number of amides is 1. The molecule has 1 aromatic carbocycles. The van der Waals surface area contributed by atoms with Crippen LogP contribution in [-0.4, -0.2) is 37.0 Å². The Morgan fingerprint density at radius 1 is 1.45 bits per heavy atom. The molecule has 0 aromatic heterocycles. The lowest BCUT2D eigenvalue weighted by Crippen LogP contribution is -2.56. The molecule has 0 radical (unpaired) electrons. The van der Waals surface area contributed by atoms with Crippen LogP contribution in [0.5, 0.6) is 0 Å². The fourth-order valence-corrected chi connectivity index (χ4v) is 3.91. The van der Waals surface area contributed by atoms with Crippen molar-refractivity contribution in [1.29, 1.82) is 0 Å².